The van der Waals surface area contributed by atoms with Crippen LogP contribution in [-0.4, -0.2) is 39.8 Å². The normalized spacial score (nSPS) is 27.5. The number of carbonyl (C=O) groups is 3. The third kappa shape index (κ3) is 2.57. The molecule has 0 aliphatic carbocycles. The highest BCUT2D eigenvalue weighted by atomic mass is 16.4. The molecule has 7 nitrogen and oxygen atoms in total. The first kappa shape index (κ1) is 17.0. The van der Waals surface area contributed by atoms with Crippen molar-refractivity contribution in [2.24, 2.45) is 5.41 Å². The molecule has 2 N–H and O–H groups in total. The van der Waals surface area contributed by atoms with Gasteiger partial charge in [-0.05, 0) is 0 Å². The molecule has 0 saturated carbocycles. The monoisotopic (exact) mass is 320 g/mol. The van der Waals surface area contributed by atoms with E-state index in [2.05, 4.69) is 5.32 Å². The molecule has 0 radical (unpaired) electrons. The smallest absolute Gasteiger partial charge is 0.424 e. The standard InChI is InChI=1S/C16H20N2O5/c1-15(2,3)16(12(19)20)10-18(14(22)23,13(21)17-16)9-11-7-5-4-6-8-11/h4-8H,9-10H2,1-3H3,(H2-,17,19,20,21,22,23). The fraction of sp³-hybridized carbons (Fsp3) is 0.438. The summed E-state index contributed by atoms with van der Waals surface area (Å²) < 4.78 is -1.09. The average molecular weight is 320 g/mol. The van der Waals surface area contributed by atoms with Crippen LogP contribution in [0.15, 0.2) is 30.3 Å². The average Bonchev–Trinajstić information content (AvgIpc) is 2.75. The molecule has 7 heteroatoms. The van der Waals surface area contributed by atoms with Gasteiger partial charge in [0.2, 0.25) is 0 Å². The second-order valence-electron chi connectivity index (χ2n) is 6.93. The van der Waals surface area contributed by atoms with E-state index in [0.717, 1.165) is 0 Å². The number of benzene rings is 1. The number of aliphatic carboxylic acids is 1. The van der Waals surface area contributed by atoms with Crippen LogP contribution in [0.1, 0.15) is 26.3 Å². The van der Waals surface area contributed by atoms with Gasteiger partial charge in [-0.25, -0.2) is 9.59 Å². The number of nitrogens with one attached hydrogen (secondary N) is 1. The predicted octanol–water partition coefficient (Wildman–Crippen LogP) is 0.939. The van der Waals surface area contributed by atoms with Gasteiger partial charge < -0.3 is 15.0 Å². The molecule has 0 bridgehead atoms. The lowest BCUT2D eigenvalue weighted by Gasteiger charge is -2.37. The van der Waals surface area contributed by atoms with Crippen molar-refractivity contribution in [3.05, 3.63) is 35.9 Å². The maximum absolute atomic E-state index is 12.5. The second-order valence-corrected chi connectivity index (χ2v) is 6.93. The van der Waals surface area contributed by atoms with Crippen LogP contribution in [0, 0.1) is 5.41 Å². The highest BCUT2D eigenvalue weighted by molar-refractivity contribution is 5.91. The Morgan fingerprint density at radius 1 is 1.30 bits per heavy atom. The summed E-state index contributed by atoms with van der Waals surface area (Å²) in [6, 6.07) is 7.73. The number of quaternary nitrogens is 1. The number of carboxylic acids is 1. The summed E-state index contributed by atoms with van der Waals surface area (Å²) in [5, 5.41) is 23.9. The highest BCUT2D eigenvalue weighted by Crippen LogP contribution is 2.39. The zero-order valence-corrected chi connectivity index (χ0v) is 13.3. The molecule has 1 aromatic carbocycles. The van der Waals surface area contributed by atoms with Crippen LogP contribution in [-0.2, 0) is 11.3 Å². The number of carboxylic acid groups (broad SMARTS) is 2. The fourth-order valence-electron chi connectivity index (χ4n) is 2.91. The Labute approximate surface area is 134 Å². The number of imide groups is 1. The molecule has 1 aromatic rings. The summed E-state index contributed by atoms with van der Waals surface area (Å²) in [5.41, 5.74) is -1.94. The molecule has 0 spiro atoms. The number of carbonyl (C=O) groups excluding carboxylic acids is 2. The molecule has 1 fully saturated rings. The summed E-state index contributed by atoms with van der Waals surface area (Å²) in [6.07, 6.45) is -1.61. The van der Waals surface area contributed by atoms with Crippen LogP contribution in [0.5, 0.6) is 0 Å². The number of urea groups is 1. The van der Waals surface area contributed by atoms with E-state index in [1.165, 1.54) is 0 Å². The van der Waals surface area contributed by atoms with E-state index in [4.69, 9.17) is 0 Å². The van der Waals surface area contributed by atoms with Crippen molar-refractivity contribution in [2.75, 3.05) is 6.54 Å². The first-order valence-corrected chi connectivity index (χ1v) is 7.24. The topological polar surface area (TPSA) is 107 Å². The Morgan fingerprint density at radius 3 is 2.26 bits per heavy atom. The van der Waals surface area contributed by atoms with Crippen LogP contribution in [0.25, 0.3) is 0 Å². The van der Waals surface area contributed by atoms with E-state index in [-0.39, 0.29) is 6.54 Å². The van der Waals surface area contributed by atoms with Gasteiger partial charge in [-0.1, -0.05) is 51.1 Å². The summed E-state index contributed by atoms with van der Waals surface area (Å²) >= 11 is 0. The summed E-state index contributed by atoms with van der Waals surface area (Å²) in [5.74, 6) is -1.26. The molecule has 1 aliphatic heterocycles. The Bertz CT molecular complexity index is 652. The van der Waals surface area contributed by atoms with Gasteiger partial charge in [0.1, 0.15) is 13.1 Å². The van der Waals surface area contributed by atoms with Gasteiger partial charge in [-0.3, -0.25) is 5.32 Å². The van der Waals surface area contributed by atoms with E-state index in [9.17, 15) is 24.6 Å². The lowest BCUT2D eigenvalue weighted by molar-refractivity contribution is -0.806. The van der Waals surface area contributed by atoms with Gasteiger partial charge in [0.05, 0.1) is 0 Å². The summed E-state index contributed by atoms with van der Waals surface area (Å²) in [6.45, 7) is 4.37. The van der Waals surface area contributed by atoms with Crippen molar-refractivity contribution < 1.29 is 29.1 Å². The van der Waals surface area contributed by atoms with E-state index < -0.39 is 40.1 Å². The molecular formula is C16H20N2O5. The van der Waals surface area contributed by atoms with Gasteiger partial charge in [0.25, 0.3) is 6.09 Å². The third-order valence-electron chi connectivity index (χ3n) is 4.51. The second kappa shape index (κ2) is 5.34. The minimum Gasteiger partial charge on any atom is -0.498 e. The first-order valence-electron chi connectivity index (χ1n) is 7.24. The van der Waals surface area contributed by atoms with E-state index in [1.54, 1.807) is 51.1 Å². The van der Waals surface area contributed by atoms with Gasteiger partial charge in [0.15, 0.2) is 5.54 Å². The van der Waals surface area contributed by atoms with E-state index in [0.29, 0.717) is 5.56 Å². The van der Waals surface area contributed by atoms with E-state index in [1.807, 2.05) is 0 Å². The van der Waals surface area contributed by atoms with Crippen molar-refractivity contribution in [3.8, 4) is 0 Å². The lowest BCUT2D eigenvalue weighted by Crippen LogP contribution is -2.63. The molecule has 3 amide bonds. The largest absolute Gasteiger partial charge is 0.498 e. The van der Waals surface area contributed by atoms with Crippen molar-refractivity contribution in [3.63, 3.8) is 0 Å². The molecule has 1 aliphatic rings. The highest BCUT2D eigenvalue weighted by Gasteiger charge is 2.65. The number of hydrogen-bond acceptors (Lipinski definition) is 4. The number of rotatable bonds is 3. The molecule has 124 valence electrons. The Morgan fingerprint density at radius 2 is 1.87 bits per heavy atom. The third-order valence-corrected chi connectivity index (χ3v) is 4.51. The molecule has 1 saturated heterocycles. The van der Waals surface area contributed by atoms with E-state index >= 15 is 0 Å². The minimum absolute atomic E-state index is 0.167. The minimum atomic E-state index is -1.68. The Kier molecular flexibility index (Phi) is 3.94. The summed E-state index contributed by atoms with van der Waals surface area (Å²) in [4.78, 5) is 36.1. The summed E-state index contributed by atoms with van der Waals surface area (Å²) in [7, 11) is 0. The number of hydrogen-bond donors (Lipinski definition) is 2. The molecule has 1 heterocycles. The molecule has 2 atom stereocenters. The van der Waals surface area contributed by atoms with Gasteiger partial charge in [-0.2, -0.15) is 4.48 Å². The van der Waals surface area contributed by atoms with Gasteiger partial charge in [0, 0.05) is 11.0 Å². The van der Waals surface area contributed by atoms with Crippen LogP contribution in [0.3, 0.4) is 0 Å². The number of amides is 3. The molecule has 2 unspecified atom stereocenters. The Balaban J connectivity index is 2.51. The van der Waals surface area contributed by atoms with Crippen molar-refractivity contribution in [1.29, 1.82) is 0 Å². The van der Waals surface area contributed by atoms with Crippen molar-refractivity contribution in [1.82, 2.24) is 5.32 Å². The predicted molar refractivity (Wildman–Crippen MR) is 79.0 cm³/mol. The molecular weight excluding hydrogens is 300 g/mol. The lowest BCUT2D eigenvalue weighted by atomic mass is 9.73. The molecule has 23 heavy (non-hydrogen) atoms. The van der Waals surface area contributed by atoms with Crippen molar-refractivity contribution in [2.45, 2.75) is 32.9 Å². The van der Waals surface area contributed by atoms with Crippen molar-refractivity contribution >= 4 is 18.1 Å². The first-order chi connectivity index (χ1) is 10.5. The molecule has 2 rings (SSSR count). The zero-order valence-electron chi connectivity index (χ0n) is 13.3. The van der Waals surface area contributed by atoms with Crippen LogP contribution < -0.4 is 10.4 Å². The fourth-order valence-corrected chi connectivity index (χ4v) is 2.91. The maximum Gasteiger partial charge on any atom is 0.424 e. The van der Waals surface area contributed by atoms with Gasteiger partial charge >= 0.3 is 12.0 Å². The maximum atomic E-state index is 12.5. The zero-order chi connectivity index (χ0) is 17.5. The van der Waals surface area contributed by atoms with Gasteiger partial charge in [-0.15, -0.1) is 0 Å². The number of nitrogens with zero attached hydrogens (tertiary/aromatic N) is 1. The SMILES string of the molecule is CC(C)(C)C1(C(=O)O)C[N+](Cc2ccccc2)(C(=O)[O-])C(=O)N1. The van der Waals surface area contributed by atoms with Crippen LogP contribution in [0.4, 0.5) is 9.59 Å². The van der Waals surface area contributed by atoms with Crippen LogP contribution in [0.2, 0.25) is 0 Å². The Hall–Kier alpha value is -2.41. The van der Waals surface area contributed by atoms with Crippen LogP contribution >= 0.6 is 0 Å². The molecule has 0 aromatic heterocycles. The quantitative estimate of drug-likeness (QED) is 0.806.